The predicted molar refractivity (Wildman–Crippen MR) is 530 cm³/mol. The lowest BCUT2D eigenvalue weighted by molar-refractivity contribution is -0.159. The van der Waals surface area contributed by atoms with Crippen LogP contribution in [-0.4, -0.2) is 88.7 Å². The van der Waals surface area contributed by atoms with Gasteiger partial charge in [0.15, 0.2) is 0 Å². The van der Waals surface area contributed by atoms with Gasteiger partial charge in [0, 0.05) is 27.4 Å². The number of allylic oxidation sites excluding steroid dienone is 3. The number of aliphatic hydroxyl groups excluding tert-OH is 2. The van der Waals surface area contributed by atoms with Gasteiger partial charge < -0.3 is 35.7 Å². The molecule has 0 heterocycles. The first-order chi connectivity index (χ1) is 61.9. The van der Waals surface area contributed by atoms with E-state index >= 15 is 0 Å². The van der Waals surface area contributed by atoms with Gasteiger partial charge in [-0.05, 0) is 566 Å². The summed E-state index contributed by atoms with van der Waals surface area (Å²) in [5, 5.41) is 81.1. The predicted octanol–water partition coefficient (Wildman–Crippen LogP) is 27.4. The van der Waals surface area contributed by atoms with Gasteiger partial charge in [-0.15, -0.1) is 0 Å². The highest BCUT2D eigenvalue weighted by molar-refractivity contribution is 9.09. The van der Waals surface area contributed by atoms with Crippen LogP contribution in [0.5, 0.6) is 0 Å². The van der Waals surface area contributed by atoms with Crippen molar-refractivity contribution in [1.29, 1.82) is 0 Å². The van der Waals surface area contributed by atoms with Gasteiger partial charge in [0.2, 0.25) is 0 Å². The van der Waals surface area contributed by atoms with Crippen molar-refractivity contribution in [3.05, 3.63) is 60.8 Å². The minimum absolute atomic E-state index is 0.0952. The van der Waals surface area contributed by atoms with Gasteiger partial charge in [-0.1, -0.05) is 130 Å². The van der Waals surface area contributed by atoms with Crippen LogP contribution in [0, 0.1) is 256 Å². The highest BCUT2D eigenvalue weighted by Gasteiger charge is 2.65. The number of fused-ring (bicyclic) bond motifs is 25. The lowest BCUT2D eigenvalue weighted by Gasteiger charge is -2.57. The normalized spacial score (nSPS) is 50.7. The van der Waals surface area contributed by atoms with E-state index in [9.17, 15) is 44.5 Å². The number of rotatable bonds is 9. The van der Waals surface area contributed by atoms with E-state index in [1.165, 1.54) is 209 Å². The molecule has 0 unspecified atom stereocenters. The summed E-state index contributed by atoms with van der Waals surface area (Å²) in [4.78, 5) is 0. The molecule has 0 aliphatic heterocycles. The lowest BCUT2D eigenvalue weighted by Crippen LogP contribution is -2.52. The van der Waals surface area contributed by atoms with Crippen molar-refractivity contribution in [1.82, 2.24) is 0 Å². The van der Waals surface area contributed by atoms with Crippen molar-refractivity contribution >= 4 is 50.7 Å². The average molecular weight is 1910 g/mol. The Morgan fingerprint density at radius 3 is 0.808 bits per heavy atom. The Morgan fingerprint density at radius 2 is 0.554 bits per heavy atom. The smallest absolute Gasteiger partial charge is 0.266 e. The Hall–Kier alpha value is -2.13. The van der Waals surface area contributed by atoms with Crippen LogP contribution < -0.4 is 0 Å². The van der Waals surface area contributed by atoms with Crippen LogP contribution in [0.15, 0.2) is 60.8 Å². The first-order valence-corrected chi connectivity index (χ1v) is 56.1. The standard InChI is InChI=1S/C26H38O.C23H32BrClO.C23H33ClO2.C23H33ClO.C22H34F2O2/c1-17(2)23-8-9-24-22-7-6-19-16-26(27,14-10-18-4-5-18)15-12-20(19)21(22)11-13-25(23,24)3;1-15(14-24)20-5-6-21-19-4-3-16-13-23(26,11-12-25)10-8-17(16)18(19)7-9-22(20,21)2;1-15(14-25)20-5-6-21-19-4-3-16-13-23(26,11-12-24)10-8-17(16)18(19)7-9-22(20,21)2;1-15(2)20-6-7-21-19-5-4-16-14-23(25,12-13-24)11-9-17(16)18(19)8-10-22(20,21)3;1-13(12-25)18-5-6-19-17-4-3-14-11-22(26,20(23)24)10-8-15(14)16(17)7-9-21(18,19)2/h18-24,27H,1,4-9,11-13,15-16H2,2-3H3;16-21,26H,1,3-10,13-14H2,2H3;16-21,25-26H,1,3-10,13-14H2,2H3;16-21,25H,1,4-11,14H2,2-3H3;14-20,25-26H,1,3-12H2,2H3/t19-,20-,21+,22+,23+,24-,25+,26-;3*16-,17-,18+,19+,20+,21-,22+,23+;14-,15-,16+,17+,18+,19-,21+,22-/m00000/s1. The van der Waals surface area contributed by atoms with Crippen molar-refractivity contribution in [2.45, 2.75) is 385 Å². The maximum Gasteiger partial charge on any atom is 0.266 e. The monoisotopic (exact) mass is 1910 g/mol. The third kappa shape index (κ3) is 18.5. The number of halogens is 6. The third-order valence-electron chi connectivity index (χ3n) is 45.7. The summed E-state index contributed by atoms with van der Waals surface area (Å²) < 4.78 is 26.6. The van der Waals surface area contributed by atoms with E-state index in [-0.39, 0.29) is 31.0 Å². The maximum atomic E-state index is 13.3. The van der Waals surface area contributed by atoms with E-state index in [1.807, 2.05) is 0 Å². The van der Waals surface area contributed by atoms with Crippen molar-refractivity contribution < 1.29 is 44.5 Å². The Kier molecular flexibility index (Phi) is 29.9. The molecule has 0 bridgehead atoms. The quantitative estimate of drug-likeness (QED) is 0.0693. The molecule has 7 nitrogen and oxygen atoms in total. The minimum Gasteiger partial charge on any atom is -0.392 e. The summed E-state index contributed by atoms with van der Waals surface area (Å²) in [5.74, 6) is 38.4. The Morgan fingerprint density at radius 1 is 0.308 bits per heavy atom. The Balaban J connectivity index is 0.000000114. The number of aliphatic hydroxyl groups is 7. The van der Waals surface area contributed by atoms with Crippen molar-refractivity contribution in [3.63, 3.8) is 0 Å². The topological polar surface area (TPSA) is 142 Å². The van der Waals surface area contributed by atoms with Gasteiger partial charge >= 0.3 is 0 Å². The largest absolute Gasteiger partial charge is 0.392 e. The van der Waals surface area contributed by atoms with Crippen LogP contribution in [0.3, 0.4) is 0 Å². The first-order valence-electron chi connectivity index (χ1n) is 53.8. The van der Waals surface area contributed by atoms with Crippen molar-refractivity contribution in [2.24, 2.45) is 211 Å². The highest BCUT2D eigenvalue weighted by atomic mass is 79.9. The fraction of sp³-hybridized carbons (Fsp3) is 0.846. The molecule has 21 saturated carbocycles. The summed E-state index contributed by atoms with van der Waals surface area (Å²) in [6.45, 7) is 38.8. The summed E-state index contributed by atoms with van der Waals surface area (Å²) in [6, 6.07) is 0. The molecule has 0 amide bonds. The molecule has 0 spiro atoms. The van der Waals surface area contributed by atoms with Crippen LogP contribution in [0.25, 0.3) is 0 Å². The summed E-state index contributed by atoms with van der Waals surface area (Å²) in [6.07, 6.45) is 51.7. The number of hydrogen-bond donors (Lipinski definition) is 7. The van der Waals surface area contributed by atoms with E-state index < -0.39 is 34.4 Å². The van der Waals surface area contributed by atoms with Crippen LogP contribution in [0.4, 0.5) is 8.78 Å². The number of alkyl halides is 3. The number of hydrogen-bond acceptors (Lipinski definition) is 7. The Labute approximate surface area is 809 Å². The molecule has 0 aromatic rings. The van der Waals surface area contributed by atoms with E-state index in [2.05, 4.69) is 143 Å². The fourth-order valence-corrected chi connectivity index (χ4v) is 40.7. The van der Waals surface area contributed by atoms with E-state index in [0.717, 1.165) is 225 Å². The van der Waals surface area contributed by atoms with Gasteiger partial charge in [0.25, 0.3) is 6.43 Å². The molecule has 21 fully saturated rings. The summed E-state index contributed by atoms with van der Waals surface area (Å²) in [7, 11) is 0. The molecular weight excluding hydrogens is 1740 g/mol. The maximum absolute atomic E-state index is 13.3. The molecule has 7 N–H and O–H groups in total. The van der Waals surface area contributed by atoms with Crippen molar-refractivity contribution in [2.75, 3.05) is 18.5 Å². The van der Waals surface area contributed by atoms with E-state index in [1.54, 1.807) is 0 Å². The van der Waals surface area contributed by atoms with E-state index in [0.29, 0.717) is 93.2 Å². The molecule has 0 radical (unpaired) electrons. The van der Waals surface area contributed by atoms with Gasteiger partial charge in [-0.2, -0.15) is 0 Å². The zero-order valence-corrected chi connectivity index (χ0v) is 85.1. The summed E-state index contributed by atoms with van der Waals surface area (Å²) in [5.41, 5.74) is 3.51. The fourth-order valence-electron chi connectivity index (χ4n) is 39.7. The van der Waals surface area contributed by atoms with Crippen LogP contribution in [0.2, 0.25) is 0 Å². The van der Waals surface area contributed by atoms with Gasteiger partial charge in [-0.25, -0.2) is 8.78 Å². The Bertz CT molecular complexity index is 4290. The SMILES string of the molecule is C=C(C)[C@H]1CC[C@H]2[C@@H]3CC[C@H]4C[C@](O)(C#CC5CC5)CC[C@@H]4[C@H]3CC[C@]12C.C=C(C)[C@H]1CC[C@H]2[C@@H]3CC[C@H]4C[C@](O)(C#CCl)CC[C@@H]4[C@H]3CC[C@]12C.C=C(CBr)[C@H]1CC[C@H]2[C@@H]3CC[C@H]4C[C@](O)(C#CCl)CC[C@@H]4[C@H]3CC[C@]12C.C=C(CO)[C@H]1CC[C@H]2[C@@H]3CC[C@H]4C[C@](O)(C#CCl)CC[C@@H]4[C@H]3CC[C@]12C.C=C(CO)[C@H]1CC[C@H]2[C@@H]3CC[C@H]4C[C@](O)(C(F)F)CC[C@@H]4[C@H]3CC[C@]12C. The van der Waals surface area contributed by atoms with Crippen molar-refractivity contribution in [3.8, 4) is 45.7 Å². The van der Waals surface area contributed by atoms with Gasteiger partial charge in [0.1, 0.15) is 28.0 Å². The highest BCUT2D eigenvalue weighted by Crippen LogP contribution is 2.73. The second-order valence-electron chi connectivity index (χ2n) is 51.1. The van der Waals surface area contributed by atoms with Crippen LogP contribution in [0.1, 0.15) is 350 Å². The molecule has 21 aliphatic rings. The molecule has 0 aromatic carbocycles. The molecule has 722 valence electrons. The zero-order valence-electron chi connectivity index (χ0n) is 81.3. The van der Waals surface area contributed by atoms with Gasteiger partial charge in [0.05, 0.1) is 13.2 Å². The molecule has 0 saturated heterocycles. The third-order valence-corrected chi connectivity index (χ3v) is 46.7. The van der Waals surface area contributed by atoms with Crippen LogP contribution in [-0.2, 0) is 0 Å². The molecule has 13 heteroatoms. The minimum atomic E-state index is -2.61. The molecule has 40 atom stereocenters. The second kappa shape index (κ2) is 39.1. The summed E-state index contributed by atoms with van der Waals surface area (Å²) >= 11 is 20.5. The zero-order chi connectivity index (χ0) is 92.4. The molecular formula is C117H170BrCl3F2O7. The molecule has 130 heavy (non-hydrogen) atoms. The molecule has 21 aliphatic carbocycles. The first kappa shape index (κ1) is 99.4. The average Bonchev–Trinajstić information content (AvgIpc) is 1.51. The lowest BCUT2D eigenvalue weighted by atomic mass is 9.48. The molecule has 21 rings (SSSR count). The van der Waals surface area contributed by atoms with E-state index in [4.69, 9.17) is 34.8 Å². The van der Waals surface area contributed by atoms with Gasteiger partial charge in [-0.3, -0.25) is 0 Å². The second-order valence-corrected chi connectivity index (χ2v) is 52.2. The molecule has 0 aromatic heterocycles. The van der Waals surface area contributed by atoms with Crippen LogP contribution >= 0.6 is 50.7 Å².